The van der Waals surface area contributed by atoms with Crippen LogP contribution in [0.5, 0.6) is 0 Å². The molecule has 0 aliphatic carbocycles. The summed E-state index contributed by atoms with van der Waals surface area (Å²) in [5.41, 5.74) is 5.07. The number of hydrogen-bond acceptors (Lipinski definition) is 3. The van der Waals surface area contributed by atoms with E-state index in [4.69, 9.17) is 5.73 Å². The van der Waals surface area contributed by atoms with Crippen LogP contribution in [0.25, 0.3) is 0 Å². The van der Waals surface area contributed by atoms with E-state index in [9.17, 15) is 9.59 Å². The maximum atomic E-state index is 11.7. The minimum Gasteiger partial charge on any atom is -0.384 e. The van der Waals surface area contributed by atoms with Gasteiger partial charge in [0.05, 0.1) is 0 Å². The quantitative estimate of drug-likeness (QED) is 0.825. The fourth-order valence-electron chi connectivity index (χ4n) is 1.28. The van der Waals surface area contributed by atoms with Crippen molar-refractivity contribution >= 4 is 28.4 Å². The van der Waals surface area contributed by atoms with Gasteiger partial charge in [-0.25, -0.2) is 4.79 Å². The van der Waals surface area contributed by atoms with Gasteiger partial charge in [-0.1, -0.05) is 13.3 Å². The van der Waals surface area contributed by atoms with Gasteiger partial charge in [0.25, 0.3) is 5.56 Å². The third kappa shape index (κ3) is 2.24. The predicted molar refractivity (Wildman–Crippen MR) is 68.0 cm³/mol. The molecule has 0 saturated carbocycles. The van der Waals surface area contributed by atoms with E-state index in [0.717, 1.165) is 17.4 Å². The summed E-state index contributed by atoms with van der Waals surface area (Å²) >= 11 is 1.87. The van der Waals surface area contributed by atoms with E-state index in [0.29, 0.717) is 10.1 Å². The summed E-state index contributed by atoms with van der Waals surface area (Å²) in [7, 11) is 1.47. The van der Waals surface area contributed by atoms with Crippen molar-refractivity contribution < 1.29 is 0 Å². The molecule has 1 heterocycles. The number of nitrogens with two attached hydrogens (primary N) is 1. The van der Waals surface area contributed by atoms with Crippen LogP contribution in [0.3, 0.4) is 0 Å². The van der Waals surface area contributed by atoms with Gasteiger partial charge in [-0.15, -0.1) is 0 Å². The molecule has 0 radical (unpaired) electrons. The van der Waals surface area contributed by atoms with Crippen molar-refractivity contribution in [3.63, 3.8) is 0 Å². The van der Waals surface area contributed by atoms with Crippen LogP contribution in [0.15, 0.2) is 9.59 Å². The summed E-state index contributed by atoms with van der Waals surface area (Å²) in [5, 5.41) is 0. The van der Waals surface area contributed by atoms with Gasteiger partial charge in [0.2, 0.25) is 0 Å². The smallest absolute Gasteiger partial charge is 0.332 e. The largest absolute Gasteiger partial charge is 0.384 e. The molecule has 0 amide bonds. The molecule has 84 valence electrons. The van der Waals surface area contributed by atoms with Gasteiger partial charge in [-0.05, 0) is 29.0 Å². The van der Waals surface area contributed by atoms with Gasteiger partial charge < -0.3 is 5.73 Å². The molecule has 15 heavy (non-hydrogen) atoms. The van der Waals surface area contributed by atoms with Crippen molar-refractivity contribution in [1.29, 1.82) is 0 Å². The van der Waals surface area contributed by atoms with E-state index in [1.807, 2.05) is 29.5 Å². The molecule has 1 rings (SSSR count). The Morgan fingerprint density at radius 1 is 1.40 bits per heavy atom. The Balaban J connectivity index is 3.39. The van der Waals surface area contributed by atoms with E-state index in [1.165, 1.54) is 11.6 Å². The molecule has 0 saturated heterocycles. The fraction of sp³-hybridized carbons (Fsp3) is 0.556. The summed E-state index contributed by atoms with van der Waals surface area (Å²) in [6.45, 7) is 2.60. The first-order valence-electron chi connectivity index (χ1n) is 4.75. The molecule has 2 N–H and O–H groups in total. The van der Waals surface area contributed by atoms with Crippen LogP contribution < -0.4 is 17.0 Å². The molecular weight excluding hydrogens is 309 g/mol. The molecular formula is C9H14IN3O2. The van der Waals surface area contributed by atoms with Gasteiger partial charge >= 0.3 is 5.69 Å². The summed E-state index contributed by atoms with van der Waals surface area (Å²) in [5.74, 6) is 0.275. The molecule has 0 bridgehead atoms. The van der Waals surface area contributed by atoms with Gasteiger partial charge in [0, 0.05) is 13.6 Å². The lowest BCUT2D eigenvalue weighted by Gasteiger charge is -2.11. The second-order valence-electron chi connectivity index (χ2n) is 3.35. The number of rotatable bonds is 3. The van der Waals surface area contributed by atoms with Crippen LogP contribution in [0.2, 0.25) is 0 Å². The van der Waals surface area contributed by atoms with E-state index >= 15 is 0 Å². The number of unbranched alkanes of at least 4 members (excludes halogenated alkanes) is 1. The van der Waals surface area contributed by atoms with Crippen molar-refractivity contribution in [1.82, 2.24) is 9.13 Å². The number of hydrogen-bond donors (Lipinski definition) is 1. The lowest BCUT2D eigenvalue weighted by atomic mass is 10.3. The molecule has 1 aromatic rings. The first-order chi connectivity index (χ1) is 7.00. The lowest BCUT2D eigenvalue weighted by Crippen LogP contribution is -2.40. The van der Waals surface area contributed by atoms with Crippen molar-refractivity contribution in [2.75, 3.05) is 5.73 Å². The molecule has 1 aromatic heterocycles. The number of nitrogens with zero attached hydrogens (tertiary/aromatic N) is 2. The summed E-state index contributed by atoms with van der Waals surface area (Å²) in [4.78, 5) is 23.2. The van der Waals surface area contributed by atoms with Crippen molar-refractivity contribution in [3.05, 3.63) is 24.4 Å². The molecule has 5 nitrogen and oxygen atoms in total. The zero-order valence-corrected chi connectivity index (χ0v) is 10.9. The van der Waals surface area contributed by atoms with Crippen molar-refractivity contribution in [2.24, 2.45) is 7.05 Å². The highest BCUT2D eigenvalue weighted by Gasteiger charge is 2.11. The minimum atomic E-state index is -0.341. The highest BCUT2D eigenvalue weighted by Crippen LogP contribution is 2.07. The minimum absolute atomic E-state index is 0.275. The van der Waals surface area contributed by atoms with Crippen LogP contribution in [0.4, 0.5) is 5.82 Å². The standard InChI is InChI=1S/C9H14IN3O2/c1-3-4-5-13-7(11)6(10)8(14)12(2)9(13)15/h3-5,11H2,1-2H3. The second-order valence-corrected chi connectivity index (χ2v) is 4.43. The molecule has 0 aromatic carbocycles. The van der Waals surface area contributed by atoms with Gasteiger partial charge in [0.1, 0.15) is 9.39 Å². The monoisotopic (exact) mass is 323 g/mol. The Morgan fingerprint density at radius 3 is 2.53 bits per heavy atom. The number of nitrogen functional groups attached to an aromatic ring is 1. The number of anilines is 1. The topological polar surface area (TPSA) is 70.0 Å². The van der Waals surface area contributed by atoms with Crippen molar-refractivity contribution in [3.8, 4) is 0 Å². The van der Waals surface area contributed by atoms with E-state index in [-0.39, 0.29) is 17.1 Å². The van der Waals surface area contributed by atoms with Crippen LogP contribution in [-0.2, 0) is 13.6 Å². The maximum Gasteiger partial charge on any atom is 0.332 e. The Kier molecular flexibility index (Phi) is 3.95. The van der Waals surface area contributed by atoms with Crippen LogP contribution in [-0.4, -0.2) is 9.13 Å². The Morgan fingerprint density at radius 2 is 2.00 bits per heavy atom. The lowest BCUT2D eigenvalue weighted by molar-refractivity contribution is 0.571. The van der Waals surface area contributed by atoms with Crippen LogP contribution >= 0.6 is 22.6 Å². The van der Waals surface area contributed by atoms with E-state index in [2.05, 4.69) is 0 Å². The number of aromatic nitrogens is 2. The highest BCUT2D eigenvalue weighted by atomic mass is 127. The third-order valence-electron chi connectivity index (χ3n) is 2.26. The summed E-state index contributed by atoms with van der Waals surface area (Å²) < 4.78 is 2.95. The molecule has 0 spiro atoms. The molecule has 0 unspecified atom stereocenters. The van der Waals surface area contributed by atoms with Crippen molar-refractivity contribution in [2.45, 2.75) is 26.3 Å². The fourth-order valence-corrected chi connectivity index (χ4v) is 1.93. The maximum absolute atomic E-state index is 11.7. The molecule has 0 atom stereocenters. The van der Waals surface area contributed by atoms with Gasteiger partial charge in [-0.3, -0.25) is 13.9 Å². The highest BCUT2D eigenvalue weighted by molar-refractivity contribution is 14.1. The Hall–Kier alpha value is -0.790. The normalized spacial score (nSPS) is 10.6. The first kappa shape index (κ1) is 12.3. The van der Waals surface area contributed by atoms with Gasteiger partial charge in [-0.2, -0.15) is 0 Å². The molecule has 0 fully saturated rings. The number of halogens is 1. The first-order valence-corrected chi connectivity index (χ1v) is 5.83. The van der Waals surface area contributed by atoms with Crippen LogP contribution in [0, 0.1) is 3.57 Å². The summed E-state index contributed by atoms with van der Waals surface area (Å²) in [6, 6.07) is 0. The Labute approximate surface area is 101 Å². The van der Waals surface area contributed by atoms with Gasteiger partial charge in [0.15, 0.2) is 0 Å². The second kappa shape index (κ2) is 4.82. The average molecular weight is 323 g/mol. The summed E-state index contributed by atoms with van der Waals surface area (Å²) in [6.07, 6.45) is 1.85. The zero-order chi connectivity index (χ0) is 11.6. The Bertz CT molecular complexity index is 475. The molecule has 0 aliphatic heterocycles. The molecule has 6 heteroatoms. The predicted octanol–water partition coefficient (Wildman–Crippen LogP) is 0.534. The SMILES string of the molecule is CCCCn1c(N)c(I)c(=O)n(C)c1=O. The third-order valence-corrected chi connectivity index (χ3v) is 3.28. The zero-order valence-electron chi connectivity index (χ0n) is 8.79. The van der Waals surface area contributed by atoms with E-state index < -0.39 is 0 Å². The average Bonchev–Trinajstić information content (AvgIpc) is 2.24. The molecule has 0 aliphatic rings. The van der Waals surface area contributed by atoms with Crippen LogP contribution in [0.1, 0.15) is 19.8 Å². The van der Waals surface area contributed by atoms with E-state index in [1.54, 1.807) is 0 Å².